The molecule has 7 atom stereocenters. The molecule has 0 aromatic heterocycles. The smallest absolute Gasteiger partial charge is 0.305 e. The fraction of sp³-hybridized carbons (Fsp3) is 0.848. The van der Waals surface area contributed by atoms with Crippen LogP contribution in [0.5, 0.6) is 0 Å². The predicted molar refractivity (Wildman–Crippen MR) is 157 cm³/mol. The number of hydrogen-bond donors (Lipinski definition) is 0. The zero-order chi connectivity index (χ0) is 27.2. The van der Waals surface area contributed by atoms with Crippen molar-refractivity contribution in [2.75, 3.05) is 6.61 Å². The highest BCUT2D eigenvalue weighted by Gasteiger charge is 2.57. The van der Waals surface area contributed by atoms with E-state index >= 15 is 0 Å². The van der Waals surface area contributed by atoms with Crippen LogP contribution in [0.3, 0.4) is 0 Å². The van der Waals surface area contributed by atoms with E-state index in [9.17, 15) is 4.79 Å². The van der Waals surface area contributed by atoms with Gasteiger partial charge in [-0.3, -0.25) is 4.79 Å². The average molecular weight is 529 g/mol. The predicted octanol–water partition coefficient (Wildman–Crippen LogP) is 9.25. The number of allylic oxidation sites excluding steroid dienone is 3. The molecule has 0 aromatic rings. The minimum atomic E-state index is -1.74. The van der Waals surface area contributed by atoms with Crippen molar-refractivity contribution in [3.8, 4) is 0 Å². The Balaban J connectivity index is 1.45. The molecular weight excluding hydrogens is 472 g/mol. The maximum absolute atomic E-state index is 11.8. The number of carbonyl (C=O) groups excluding carboxylic acids is 1. The summed E-state index contributed by atoms with van der Waals surface area (Å²) < 4.78 is 12.1. The van der Waals surface area contributed by atoms with Crippen molar-refractivity contribution < 1.29 is 14.0 Å². The van der Waals surface area contributed by atoms with Crippen LogP contribution in [0.25, 0.3) is 0 Å². The van der Waals surface area contributed by atoms with Gasteiger partial charge in [0.25, 0.3) is 0 Å². The topological polar surface area (TPSA) is 35.5 Å². The van der Waals surface area contributed by atoms with E-state index in [1.54, 1.807) is 11.1 Å². The zero-order valence-electron chi connectivity index (χ0n) is 25.5. The standard InChI is InChI=1S/C33H56O3Si/c1-10-35-30(34)13-11-12-23(2)27-16-17-28-26-15-14-24-22-25(36-37(8,9)31(3,4)5)18-20-32(24,6)29(26)19-21-33(27,28)7/h14-15,23,25,27-29H,10-13,16-22H2,1-9H3/t23-,25+,27-,28+,29+,32+,33-/m1/s1. The van der Waals surface area contributed by atoms with Crippen LogP contribution < -0.4 is 0 Å². The van der Waals surface area contributed by atoms with Gasteiger partial charge in [-0.15, -0.1) is 0 Å². The van der Waals surface area contributed by atoms with Crippen LogP contribution in [0, 0.1) is 34.5 Å². The molecule has 0 unspecified atom stereocenters. The molecule has 0 N–H and O–H groups in total. The first-order valence-corrected chi connectivity index (χ1v) is 18.4. The second-order valence-electron chi connectivity index (χ2n) is 15.0. The highest BCUT2D eigenvalue weighted by Crippen LogP contribution is 2.66. The summed E-state index contributed by atoms with van der Waals surface area (Å²) in [5.74, 6) is 2.87. The Labute approximate surface area is 229 Å². The fourth-order valence-corrected chi connectivity index (χ4v) is 10.0. The van der Waals surface area contributed by atoms with E-state index in [-0.39, 0.29) is 11.0 Å². The quantitative estimate of drug-likeness (QED) is 0.233. The average Bonchev–Trinajstić information content (AvgIpc) is 3.16. The summed E-state index contributed by atoms with van der Waals surface area (Å²) >= 11 is 0. The van der Waals surface area contributed by atoms with Crippen LogP contribution in [0.4, 0.5) is 0 Å². The molecule has 0 heterocycles. The second-order valence-corrected chi connectivity index (χ2v) is 19.8. The summed E-state index contributed by atoms with van der Waals surface area (Å²) in [4.78, 5) is 11.8. The van der Waals surface area contributed by atoms with Crippen LogP contribution >= 0.6 is 0 Å². The van der Waals surface area contributed by atoms with Crippen LogP contribution in [0.2, 0.25) is 18.1 Å². The molecule has 4 rings (SSSR count). The summed E-state index contributed by atoms with van der Waals surface area (Å²) in [5.41, 5.74) is 4.18. The second kappa shape index (κ2) is 10.6. The highest BCUT2D eigenvalue weighted by atomic mass is 28.4. The van der Waals surface area contributed by atoms with Crippen molar-refractivity contribution >= 4 is 14.3 Å². The number of ether oxygens (including phenoxy) is 1. The maximum Gasteiger partial charge on any atom is 0.305 e. The minimum absolute atomic E-state index is 0.0293. The molecule has 0 radical (unpaired) electrons. The van der Waals surface area contributed by atoms with Gasteiger partial charge in [0.15, 0.2) is 8.32 Å². The molecule has 0 spiro atoms. The first-order chi connectivity index (χ1) is 17.2. The molecule has 3 nitrogen and oxygen atoms in total. The monoisotopic (exact) mass is 528 g/mol. The Bertz CT molecular complexity index is 911. The SMILES string of the molecule is CCOC(=O)CCC[C@@H](C)[C@H]1CC[C@H]2C3=CC=C4C[C@@H](O[Si](C)(C)C(C)(C)C)CC[C@]4(C)[C@H]3CC[C@]12C. The fourth-order valence-electron chi connectivity index (χ4n) is 8.64. The van der Waals surface area contributed by atoms with Gasteiger partial charge in [0, 0.05) is 12.5 Å². The molecule has 0 amide bonds. The molecule has 0 saturated heterocycles. The van der Waals surface area contributed by atoms with Crippen molar-refractivity contribution in [2.24, 2.45) is 34.5 Å². The summed E-state index contributed by atoms with van der Waals surface area (Å²) in [7, 11) is -1.74. The molecule has 37 heavy (non-hydrogen) atoms. The van der Waals surface area contributed by atoms with Gasteiger partial charge >= 0.3 is 5.97 Å². The molecular formula is C33H56O3Si. The summed E-state index contributed by atoms with van der Waals surface area (Å²) in [6.45, 7) is 21.9. The normalized spacial score (nSPS) is 36.6. The van der Waals surface area contributed by atoms with Crippen LogP contribution in [0.1, 0.15) is 113 Å². The van der Waals surface area contributed by atoms with Gasteiger partial charge < -0.3 is 9.16 Å². The van der Waals surface area contributed by atoms with E-state index in [0.29, 0.717) is 35.9 Å². The van der Waals surface area contributed by atoms with E-state index in [4.69, 9.17) is 9.16 Å². The van der Waals surface area contributed by atoms with E-state index in [2.05, 4.69) is 66.8 Å². The Morgan fingerprint density at radius 2 is 1.81 bits per heavy atom. The van der Waals surface area contributed by atoms with Crippen LogP contribution in [-0.4, -0.2) is 27.0 Å². The van der Waals surface area contributed by atoms with E-state index < -0.39 is 8.32 Å². The van der Waals surface area contributed by atoms with Gasteiger partial charge in [-0.2, -0.15) is 0 Å². The molecule has 4 aliphatic carbocycles. The Morgan fingerprint density at radius 3 is 2.49 bits per heavy atom. The number of fused-ring (bicyclic) bond motifs is 5. The van der Waals surface area contributed by atoms with Gasteiger partial charge in [0.1, 0.15) is 0 Å². The van der Waals surface area contributed by atoms with Gasteiger partial charge in [-0.05, 0) is 117 Å². The number of carbonyl (C=O) groups is 1. The minimum Gasteiger partial charge on any atom is -0.466 e. The highest BCUT2D eigenvalue weighted by molar-refractivity contribution is 6.74. The lowest BCUT2D eigenvalue weighted by Gasteiger charge is -2.56. The number of rotatable bonds is 8. The molecule has 3 fully saturated rings. The summed E-state index contributed by atoms with van der Waals surface area (Å²) in [6, 6.07) is 0. The summed E-state index contributed by atoms with van der Waals surface area (Å²) in [6.07, 6.45) is 17.2. The maximum atomic E-state index is 11.8. The van der Waals surface area contributed by atoms with Crippen molar-refractivity contribution in [1.82, 2.24) is 0 Å². The lowest BCUT2D eigenvalue weighted by atomic mass is 9.50. The van der Waals surface area contributed by atoms with Crippen molar-refractivity contribution in [3.05, 3.63) is 23.3 Å². The van der Waals surface area contributed by atoms with E-state index in [1.165, 1.54) is 38.5 Å². The lowest BCUT2D eigenvalue weighted by Crippen LogP contribution is -2.49. The molecule has 4 aliphatic rings. The van der Waals surface area contributed by atoms with Crippen LogP contribution in [0.15, 0.2) is 23.3 Å². The van der Waals surface area contributed by atoms with Crippen molar-refractivity contribution in [2.45, 2.75) is 137 Å². The Kier molecular flexibility index (Phi) is 8.34. The lowest BCUT2D eigenvalue weighted by molar-refractivity contribution is -0.143. The zero-order valence-corrected chi connectivity index (χ0v) is 26.5. The third-order valence-electron chi connectivity index (χ3n) is 11.9. The van der Waals surface area contributed by atoms with Gasteiger partial charge in [-0.1, -0.05) is 64.8 Å². The molecule has 0 aliphatic heterocycles. The van der Waals surface area contributed by atoms with Crippen molar-refractivity contribution in [1.29, 1.82) is 0 Å². The molecule has 0 bridgehead atoms. The van der Waals surface area contributed by atoms with Gasteiger partial charge in [-0.25, -0.2) is 0 Å². The molecule has 0 aromatic carbocycles. The van der Waals surface area contributed by atoms with E-state index in [1.807, 2.05) is 6.92 Å². The Morgan fingerprint density at radius 1 is 1.08 bits per heavy atom. The third kappa shape index (κ3) is 5.45. The number of esters is 1. The summed E-state index contributed by atoms with van der Waals surface area (Å²) in [5, 5.41) is 0.268. The molecule has 210 valence electrons. The Hall–Kier alpha value is -0.873. The van der Waals surface area contributed by atoms with E-state index in [0.717, 1.165) is 37.0 Å². The first-order valence-electron chi connectivity index (χ1n) is 15.5. The number of hydrogen-bond acceptors (Lipinski definition) is 3. The van der Waals surface area contributed by atoms with Gasteiger partial charge in [0.2, 0.25) is 0 Å². The van der Waals surface area contributed by atoms with Crippen LogP contribution in [-0.2, 0) is 14.0 Å². The van der Waals surface area contributed by atoms with Gasteiger partial charge in [0.05, 0.1) is 6.61 Å². The molecule has 3 saturated carbocycles. The molecule has 4 heteroatoms. The first kappa shape index (κ1) is 29.1. The largest absolute Gasteiger partial charge is 0.466 e. The third-order valence-corrected chi connectivity index (χ3v) is 16.4. The van der Waals surface area contributed by atoms with Crippen molar-refractivity contribution in [3.63, 3.8) is 0 Å².